The monoisotopic (exact) mass is 523 g/mol. The Morgan fingerprint density at radius 1 is 1.11 bits per heavy atom. The number of thioether (sulfide) groups is 1. The Bertz CT molecular complexity index is 1530. The molecule has 1 aliphatic rings. The van der Waals surface area contributed by atoms with Gasteiger partial charge in [-0.1, -0.05) is 60.1 Å². The molecule has 2 unspecified atom stereocenters. The van der Waals surface area contributed by atoms with Crippen LogP contribution in [0.3, 0.4) is 0 Å². The van der Waals surface area contributed by atoms with Gasteiger partial charge in [0.25, 0.3) is 5.56 Å². The largest absolute Gasteiger partial charge is 0.497 e. The van der Waals surface area contributed by atoms with E-state index in [1.165, 1.54) is 28.5 Å². The third-order valence-corrected chi connectivity index (χ3v) is 7.80. The third kappa shape index (κ3) is 4.25. The van der Waals surface area contributed by atoms with Crippen LogP contribution in [-0.4, -0.2) is 22.0 Å². The number of aromatic nitrogens is 2. The third-order valence-electron chi connectivity index (χ3n) is 6.32. The molecule has 2 heterocycles. The standard InChI is InChI=1S/C27H23ClFN3O3S/c1-35-18-10-5-9-17(13-18)23-25(33)31(14-21(30)16-7-3-2-4-8-16)27(34)32-22(15-36-26(23)32)24-19(28)11-6-12-20(24)29/h2-13,21-22H,14-15,30H2,1H3. The first kappa shape index (κ1) is 24.4. The van der Waals surface area contributed by atoms with Crippen molar-refractivity contribution in [3.8, 4) is 16.9 Å². The maximum atomic E-state index is 14.9. The number of rotatable bonds is 6. The maximum Gasteiger partial charge on any atom is 0.332 e. The van der Waals surface area contributed by atoms with E-state index in [1.54, 1.807) is 37.4 Å². The van der Waals surface area contributed by atoms with Gasteiger partial charge < -0.3 is 10.5 Å². The van der Waals surface area contributed by atoms with Crippen LogP contribution in [0.25, 0.3) is 11.1 Å². The van der Waals surface area contributed by atoms with Gasteiger partial charge in [-0.05, 0) is 35.4 Å². The number of fused-ring (bicyclic) bond motifs is 1. The van der Waals surface area contributed by atoms with E-state index < -0.39 is 29.1 Å². The number of hydrogen-bond donors (Lipinski definition) is 1. The van der Waals surface area contributed by atoms with E-state index in [9.17, 15) is 14.0 Å². The van der Waals surface area contributed by atoms with Crippen molar-refractivity contribution < 1.29 is 9.13 Å². The summed E-state index contributed by atoms with van der Waals surface area (Å²) in [5, 5.41) is 0.689. The van der Waals surface area contributed by atoms with Gasteiger partial charge in [-0.15, -0.1) is 11.8 Å². The van der Waals surface area contributed by atoms with Gasteiger partial charge in [-0.3, -0.25) is 13.9 Å². The van der Waals surface area contributed by atoms with Crippen LogP contribution in [-0.2, 0) is 6.54 Å². The lowest BCUT2D eigenvalue weighted by atomic mass is 10.1. The molecule has 4 aromatic rings. The number of nitrogens with zero attached hydrogens (tertiary/aromatic N) is 2. The second-order valence-electron chi connectivity index (χ2n) is 8.46. The summed E-state index contributed by atoms with van der Waals surface area (Å²) in [6.45, 7) is -0.0404. The van der Waals surface area contributed by atoms with Gasteiger partial charge >= 0.3 is 5.69 Å². The van der Waals surface area contributed by atoms with E-state index in [0.717, 1.165) is 10.1 Å². The van der Waals surface area contributed by atoms with E-state index in [-0.39, 0.29) is 17.1 Å². The number of nitrogens with two attached hydrogens (primary N) is 1. The van der Waals surface area contributed by atoms with Crippen LogP contribution < -0.4 is 21.7 Å². The summed E-state index contributed by atoms with van der Waals surface area (Å²) in [6.07, 6.45) is 0. The van der Waals surface area contributed by atoms with Crippen molar-refractivity contribution in [1.82, 2.24) is 9.13 Å². The summed E-state index contributed by atoms with van der Waals surface area (Å²) in [6, 6.07) is 19.5. The maximum absolute atomic E-state index is 14.9. The molecule has 9 heteroatoms. The van der Waals surface area contributed by atoms with Gasteiger partial charge in [0.2, 0.25) is 0 Å². The highest BCUT2D eigenvalue weighted by atomic mass is 35.5. The van der Waals surface area contributed by atoms with Crippen molar-refractivity contribution in [2.75, 3.05) is 12.9 Å². The van der Waals surface area contributed by atoms with Crippen LogP contribution in [0, 0.1) is 5.82 Å². The Morgan fingerprint density at radius 3 is 2.58 bits per heavy atom. The summed E-state index contributed by atoms with van der Waals surface area (Å²) in [5.41, 5.74) is 7.36. The summed E-state index contributed by atoms with van der Waals surface area (Å²) < 4.78 is 22.9. The Hall–Kier alpha value is -3.33. The number of ether oxygens (including phenoxy) is 1. The quantitative estimate of drug-likeness (QED) is 0.365. The molecule has 0 aliphatic carbocycles. The highest BCUT2D eigenvalue weighted by molar-refractivity contribution is 7.99. The van der Waals surface area contributed by atoms with Crippen LogP contribution in [0.15, 0.2) is 87.4 Å². The molecule has 0 saturated heterocycles. The van der Waals surface area contributed by atoms with E-state index in [2.05, 4.69) is 0 Å². The second-order valence-corrected chi connectivity index (χ2v) is 9.88. The first-order chi connectivity index (χ1) is 17.4. The number of halogens is 2. The van der Waals surface area contributed by atoms with Crippen molar-refractivity contribution in [3.05, 3.63) is 116 Å². The minimum atomic E-state index is -0.685. The van der Waals surface area contributed by atoms with Crippen LogP contribution >= 0.6 is 23.4 Å². The van der Waals surface area contributed by atoms with Crippen molar-refractivity contribution in [3.63, 3.8) is 0 Å². The molecule has 5 rings (SSSR count). The van der Waals surface area contributed by atoms with Crippen molar-refractivity contribution in [1.29, 1.82) is 0 Å². The summed E-state index contributed by atoms with van der Waals surface area (Å²) >= 11 is 7.72. The molecule has 0 fully saturated rings. The van der Waals surface area contributed by atoms with Gasteiger partial charge in [-0.25, -0.2) is 9.18 Å². The fourth-order valence-corrected chi connectivity index (χ4v) is 6.14. The lowest BCUT2D eigenvalue weighted by Crippen LogP contribution is -2.44. The molecule has 0 saturated carbocycles. The van der Waals surface area contributed by atoms with Gasteiger partial charge in [-0.2, -0.15) is 0 Å². The second kappa shape index (κ2) is 9.97. The van der Waals surface area contributed by atoms with Crippen LogP contribution in [0.2, 0.25) is 5.02 Å². The number of methoxy groups -OCH3 is 1. The molecule has 184 valence electrons. The molecule has 36 heavy (non-hydrogen) atoms. The molecule has 6 nitrogen and oxygen atoms in total. The van der Waals surface area contributed by atoms with Gasteiger partial charge in [0, 0.05) is 22.4 Å². The fraction of sp³-hybridized carbons (Fsp3) is 0.185. The SMILES string of the molecule is COc1cccc(-c2c3n(c(=O)n(CC(N)c4ccccc4)c2=O)C(c2c(F)cccc2Cl)CS3)c1. The number of hydrogen-bond acceptors (Lipinski definition) is 5. The predicted octanol–water partition coefficient (Wildman–Crippen LogP) is 4.87. The summed E-state index contributed by atoms with van der Waals surface area (Å²) in [7, 11) is 1.54. The minimum absolute atomic E-state index is 0.0404. The highest BCUT2D eigenvalue weighted by Crippen LogP contribution is 2.42. The molecule has 3 aromatic carbocycles. The molecule has 1 aromatic heterocycles. The average Bonchev–Trinajstić information content (AvgIpc) is 3.31. The van der Waals surface area contributed by atoms with Gasteiger partial charge in [0.15, 0.2) is 0 Å². The van der Waals surface area contributed by atoms with Crippen molar-refractivity contribution in [2.45, 2.75) is 23.7 Å². The van der Waals surface area contributed by atoms with Crippen molar-refractivity contribution >= 4 is 23.4 Å². The molecular weight excluding hydrogens is 501 g/mol. The Morgan fingerprint density at radius 2 is 1.86 bits per heavy atom. The fourth-order valence-electron chi connectivity index (χ4n) is 4.53. The number of benzene rings is 3. The zero-order valence-electron chi connectivity index (χ0n) is 19.4. The normalized spacial score (nSPS) is 15.5. The summed E-state index contributed by atoms with van der Waals surface area (Å²) in [5.74, 6) is 0.414. The van der Waals surface area contributed by atoms with E-state index in [0.29, 0.717) is 27.7 Å². The zero-order chi connectivity index (χ0) is 25.4. The zero-order valence-corrected chi connectivity index (χ0v) is 20.9. The molecule has 1 aliphatic heterocycles. The topological polar surface area (TPSA) is 79.2 Å². The predicted molar refractivity (Wildman–Crippen MR) is 141 cm³/mol. The van der Waals surface area contributed by atoms with Crippen molar-refractivity contribution in [2.24, 2.45) is 5.73 Å². The molecule has 0 bridgehead atoms. The van der Waals surface area contributed by atoms with Crippen LogP contribution in [0.1, 0.15) is 23.2 Å². The molecular formula is C27H23ClFN3O3S. The Labute approximate surface area is 216 Å². The molecule has 2 N–H and O–H groups in total. The smallest absolute Gasteiger partial charge is 0.332 e. The van der Waals surface area contributed by atoms with Gasteiger partial charge in [0.05, 0.1) is 30.3 Å². The van der Waals surface area contributed by atoms with Crippen LogP contribution in [0.4, 0.5) is 4.39 Å². The molecule has 2 atom stereocenters. The molecule has 0 amide bonds. The van der Waals surface area contributed by atoms with E-state index >= 15 is 0 Å². The summed E-state index contributed by atoms with van der Waals surface area (Å²) in [4.78, 5) is 27.7. The highest BCUT2D eigenvalue weighted by Gasteiger charge is 2.34. The van der Waals surface area contributed by atoms with E-state index in [1.807, 2.05) is 30.3 Å². The van der Waals surface area contributed by atoms with Gasteiger partial charge in [0.1, 0.15) is 11.6 Å². The molecule has 0 spiro atoms. The lowest BCUT2D eigenvalue weighted by molar-refractivity contribution is 0.415. The Balaban J connectivity index is 1.75. The van der Waals surface area contributed by atoms with E-state index in [4.69, 9.17) is 22.1 Å². The minimum Gasteiger partial charge on any atom is -0.497 e. The average molecular weight is 524 g/mol. The molecule has 0 radical (unpaired) electrons. The van der Waals surface area contributed by atoms with Crippen LogP contribution in [0.5, 0.6) is 5.75 Å². The lowest BCUT2D eigenvalue weighted by Gasteiger charge is -2.21. The first-order valence-electron chi connectivity index (χ1n) is 11.3. The first-order valence-corrected chi connectivity index (χ1v) is 12.7. The Kier molecular flexibility index (Phi) is 6.75.